The number of halogens is 2. The predicted octanol–water partition coefficient (Wildman–Crippen LogP) is 1.80. The fraction of sp³-hybridized carbons (Fsp3) is 0. The van der Waals surface area contributed by atoms with E-state index in [1.165, 1.54) is 23.0 Å². The molecule has 2 N–H and O–H groups in total. The Balaban J connectivity index is 2.59. The largest absolute Gasteiger partial charge is 0.387 e. The van der Waals surface area contributed by atoms with Crippen molar-refractivity contribution in [2.24, 2.45) is 5.73 Å². The maximum atomic E-state index is 13.6. The third-order valence-corrected chi connectivity index (χ3v) is 2.49. The number of pyridine rings is 1. The van der Waals surface area contributed by atoms with Gasteiger partial charge >= 0.3 is 0 Å². The van der Waals surface area contributed by atoms with E-state index in [4.69, 9.17) is 18.0 Å². The molecule has 82 valence electrons. The van der Waals surface area contributed by atoms with Crippen molar-refractivity contribution in [3.8, 4) is 5.82 Å². The second-order valence-electron chi connectivity index (χ2n) is 2.94. The smallest absolute Gasteiger partial charge is 0.174 e. The Bertz CT molecular complexity index is 554. The van der Waals surface area contributed by atoms with E-state index in [0.717, 1.165) is 0 Å². The van der Waals surface area contributed by atoms with Gasteiger partial charge < -0.3 is 5.73 Å². The fourth-order valence-electron chi connectivity index (χ4n) is 1.24. The zero-order chi connectivity index (χ0) is 11.7. The van der Waals surface area contributed by atoms with Crippen LogP contribution >= 0.6 is 28.1 Å². The maximum Gasteiger partial charge on any atom is 0.174 e. The van der Waals surface area contributed by atoms with Crippen molar-refractivity contribution >= 4 is 33.1 Å². The van der Waals surface area contributed by atoms with Gasteiger partial charge in [0.2, 0.25) is 0 Å². The second-order valence-corrected chi connectivity index (χ2v) is 4.30. The van der Waals surface area contributed by atoms with Gasteiger partial charge in [-0.15, -0.1) is 0 Å². The number of aromatic nitrogens is 3. The van der Waals surface area contributed by atoms with Crippen LogP contribution in [-0.2, 0) is 0 Å². The minimum absolute atomic E-state index is 0.0918. The van der Waals surface area contributed by atoms with Crippen LogP contribution in [0.1, 0.15) is 5.82 Å². The Hall–Kier alpha value is -1.34. The first kappa shape index (κ1) is 11.2. The van der Waals surface area contributed by atoms with Crippen molar-refractivity contribution in [3.05, 3.63) is 40.8 Å². The average molecular weight is 301 g/mol. The Labute approximate surface area is 104 Å². The van der Waals surface area contributed by atoms with Crippen LogP contribution in [0.4, 0.5) is 4.39 Å². The van der Waals surface area contributed by atoms with Crippen LogP contribution in [0.2, 0.25) is 0 Å². The van der Waals surface area contributed by atoms with Gasteiger partial charge in [-0.1, -0.05) is 12.2 Å². The molecule has 0 bridgehead atoms. The van der Waals surface area contributed by atoms with Gasteiger partial charge in [0.15, 0.2) is 17.5 Å². The van der Waals surface area contributed by atoms with E-state index in [-0.39, 0.29) is 10.8 Å². The highest BCUT2D eigenvalue weighted by Gasteiger charge is 2.12. The predicted molar refractivity (Wildman–Crippen MR) is 64.9 cm³/mol. The van der Waals surface area contributed by atoms with E-state index in [9.17, 15) is 4.39 Å². The molecule has 2 heterocycles. The number of rotatable bonds is 2. The molecular weight excluding hydrogens is 295 g/mol. The Morgan fingerprint density at radius 2 is 2.25 bits per heavy atom. The van der Waals surface area contributed by atoms with Gasteiger partial charge in [-0.05, 0) is 22.0 Å². The van der Waals surface area contributed by atoms with Crippen LogP contribution in [0.5, 0.6) is 0 Å². The molecule has 2 aromatic rings. The van der Waals surface area contributed by atoms with Gasteiger partial charge in [0, 0.05) is 23.1 Å². The van der Waals surface area contributed by atoms with E-state index in [0.29, 0.717) is 10.3 Å². The summed E-state index contributed by atoms with van der Waals surface area (Å²) in [4.78, 5) is 7.98. The van der Waals surface area contributed by atoms with Gasteiger partial charge in [-0.3, -0.25) is 4.57 Å². The molecule has 2 aromatic heterocycles. The quantitative estimate of drug-likeness (QED) is 0.859. The van der Waals surface area contributed by atoms with Crippen molar-refractivity contribution in [2.75, 3.05) is 0 Å². The molecule has 0 saturated carbocycles. The monoisotopic (exact) mass is 300 g/mol. The average Bonchev–Trinajstić information content (AvgIpc) is 2.66. The molecule has 0 spiro atoms. The molecule has 0 fully saturated rings. The highest BCUT2D eigenvalue weighted by molar-refractivity contribution is 9.10. The number of hydrogen-bond acceptors (Lipinski definition) is 3. The SMILES string of the molecule is NC(=S)c1nccn1-c1ncc(Br)cc1F. The summed E-state index contributed by atoms with van der Waals surface area (Å²) in [5, 5.41) is 0. The highest BCUT2D eigenvalue weighted by atomic mass is 79.9. The highest BCUT2D eigenvalue weighted by Crippen LogP contribution is 2.16. The number of hydrogen-bond donors (Lipinski definition) is 1. The first-order valence-corrected chi connectivity index (χ1v) is 5.44. The van der Waals surface area contributed by atoms with E-state index in [2.05, 4.69) is 25.9 Å². The molecule has 0 unspecified atom stereocenters. The van der Waals surface area contributed by atoms with Crippen molar-refractivity contribution in [2.45, 2.75) is 0 Å². The van der Waals surface area contributed by atoms with Crippen LogP contribution in [0, 0.1) is 5.82 Å². The molecule has 0 amide bonds. The van der Waals surface area contributed by atoms with Gasteiger partial charge in [0.25, 0.3) is 0 Å². The number of imidazole rings is 1. The van der Waals surface area contributed by atoms with Gasteiger partial charge in [-0.2, -0.15) is 0 Å². The van der Waals surface area contributed by atoms with Crippen LogP contribution in [-0.4, -0.2) is 19.5 Å². The molecule has 16 heavy (non-hydrogen) atoms. The second kappa shape index (κ2) is 4.26. The molecule has 0 atom stereocenters. The zero-order valence-electron chi connectivity index (χ0n) is 7.89. The van der Waals surface area contributed by atoms with Gasteiger partial charge in [0.05, 0.1) is 0 Å². The maximum absolute atomic E-state index is 13.6. The van der Waals surface area contributed by atoms with E-state index < -0.39 is 5.82 Å². The molecule has 7 heteroatoms. The van der Waals surface area contributed by atoms with E-state index >= 15 is 0 Å². The van der Waals surface area contributed by atoms with Crippen LogP contribution in [0.25, 0.3) is 5.82 Å². The normalized spacial score (nSPS) is 10.4. The first-order valence-electron chi connectivity index (χ1n) is 4.24. The van der Waals surface area contributed by atoms with Crippen molar-refractivity contribution < 1.29 is 4.39 Å². The fourth-order valence-corrected chi connectivity index (χ4v) is 1.70. The summed E-state index contributed by atoms with van der Waals surface area (Å²) in [7, 11) is 0. The standard InChI is InChI=1S/C9H6BrFN4S/c10-5-3-6(11)8(14-4-5)15-2-1-13-9(15)7(12)16/h1-4H,(H2,12,16). The molecule has 0 saturated heterocycles. The van der Waals surface area contributed by atoms with Crippen molar-refractivity contribution in [3.63, 3.8) is 0 Å². The molecular formula is C9H6BrFN4S. The Morgan fingerprint density at radius 1 is 1.50 bits per heavy atom. The van der Waals surface area contributed by atoms with Crippen molar-refractivity contribution in [1.29, 1.82) is 0 Å². The summed E-state index contributed by atoms with van der Waals surface area (Å²) >= 11 is 7.94. The number of nitrogens with zero attached hydrogens (tertiary/aromatic N) is 3. The molecule has 0 aromatic carbocycles. The Morgan fingerprint density at radius 3 is 2.88 bits per heavy atom. The molecule has 0 aliphatic carbocycles. The molecule has 0 radical (unpaired) electrons. The molecule has 0 aliphatic heterocycles. The summed E-state index contributed by atoms with van der Waals surface area (Å²) in [6.45, 7) is 0. The van der Waals surface area contributed by atoms with E-state index in [1.54, 1.807) is 6.20 Å². The van der Waals surface area contributed by atoms with Gasteiger partial charge in [0.1, 0.15) is 4.99 Å². The lowest BCUT2D eigenvalue weighted by atomic mass is 10.4. The van der Waals surface area contributed by atoms with Crippen molar-refractivity contribution in [1.82, 2.24) is 14.5 Å². The molecule has 0 aliphatic rings. The Kier molecular flexibility index (Phi) is 2.97. The summed E-state index contributed by atoms with van der Waals surface area (Å²) < 4.78 is 15.6. The topological polar surface area (TPSA) is 56.7 Å². The third kappa shape index (κ3) is 1.96. The minimum Gasteiger partial charge on any atom is -0.387 e. The van der Waals surface area contributed by atoms with Crippen LogP contribution in [0.3, 0.4) is 0 Å². The minimum atomic E-state index is -0.482. The summed E-state index contributed by atoms with van der Waals surface area (Å²) in [6, 6.07) is 1.31. The van der Waals surface area contributed by atoms with E-state index in [1.807, 2.05) is 0 Å². The number of nitrogens with two attached hydrogens (primary N) is 1. The summed E-state index contributed by atoms with van der Waals surface area (Å²) in [5.41, 5.74) is 5.46. The van der Waals surface area contributed by atoms with Gasteiger partial charge in [-0.25, -0.2) is 14.4 Å². The zero-order valence-corrected chi connectivity index (χ0v) is 10.3. The lowest BCUT2D eigenvalue weighted by Gasteiger charge is -2.06. The first-order chi connectivity index (χ1) is 7.59. The molecule has 2 rings (SSSR count). The van der Waals surface area contributed by atoms with Crippen LogP contribution in [0.15, 0.2) is 29.1 Å². The lowest BCUT2D eigenvalue weighted by molar-refractivity contribution is 0.608. The third-order valence-electron chi connectivity index (χ3n) is 1.88. The summed E-state index contributed by atoms with van der Waals surface area (Å²) in [6.07, 6.45) is 4.52. The summed E-state index contributed by atoms with van der Waals surface area (Å²) in [5.74, 6) is -0.0582. The van der Waals surface area contributed by atoms with Crippen LogP contribution < -0.4 is 5.73 Å². The number of thiocarbonyl (C=S) groups is 1. The lowest BCUT2D eigenvalue weighted by Crippen LogP contribution is -2.17. The molecule has 4 nitrogen and oxygen atoms in total.